The molecule has 0 rings (SSSR count). The van der Waals surface area contributed by atoms with Crippen molar-refractivity contribution in [1.29, 1.82) is 0 Å². The predicted octanol–water partition coefficient (Wildman–Crippen LogP) is -4.13. The molecule has 0 aliphatic rings. The first-order valence-electron chi connectivity index (χ1n) is 1.84. The fraction of sp³-hybridized carbons (Fsp3) is 0.667. The van der Waals surface area contributed by atoms with Crippen molar-refractivity contribution in [3.05, 3.63) is 0 Å². The van der Waals surface area contributed by atoms with Gasteiger partial charge in [0.15, 0.2) is 0 Å². The summed E-state index contributed by atoms with van der Waals surface area (Å²) in [6, 6.07) is -0.620. The number of rotatable bonds is 1. The summed E-state index contributed by atoms with van der Waals surface area (Å²) in [4.78, 5) is 13.8. The first-order valence-corrected chi connectivity index (χ1v) is 1.84. The minimum atomic E-state index is -0.620. The number of hydrogen-bond acceptors (Lipinski definition) is 4. The Bertz CT molecular complexity index is 80.2. The zero-order valence-electron chi connectivity index (χ0n) is 6.05. The van der Waals surface area contributed by atoms with Crippen LogP contribution in [0.1, 0.15) is 8.35 Å². The summed E-state index contributed by atoms with van der Waals surface area (Å²) < 4.78 is 0. The summed E-state index contributed by atoms with van der Waals surface area (Å²) in [6.45, 7) is 1.50. The standard InChI is InChI=1S/C3H8N2O2.Na.H/c1-2(4)3(6)7-5;;/h2H,4-5H2,1H3;;/q;+1;-1/t2-;;/m0../s1. The molecule has 0 aromatic carbocycles. The van der Waals surface area contributed by atoms with Crippen molar-refractivity contribution < 1.29 is 40.6 Å². The molecule has 8 heavy (non-hydrogen) atoms. The summed E-state index contributed by atoms with van der Waals surface area (Å²) >= 11 is 0. The third-order valence-electron chi connectivity index (χ3n) is 0.488. The minimum Gasteiger partial charge on any atom is -1.00 e. The van der Waals surface area contributed by atoms with E-state index in [-0.39, 0.29) is 31.0 Å². The van der Waals surface area contributed by atoms with E-state index in [9.17, 15) is 4.79 Å². The van der Waals surface area contributed by atoms with Gasteiger partial charge in [0.2, 0.25) is 0 Å². The summed E-state index contributed by atoms with van der Waals surface area (Å²) in [6.07, 6.45) is 0. The maximum Gasteiger partial charge on any atom is 1.00 e. The average Bonchev–Trinajstić information content (AvgIpc) is 1.65. The zero-order valence-corrected chi connectivity index (χ0v) is 7.05. The molecule has 0 spiro atoms. The Hall–Kier alpha value is 0.390. The molecule has 0 radical (unpaired) electrons. The van der Waals surface area contributed by atoms with Gasteiger partial charge in [-0.3, -0.25) is 0 Å². The van der Waals surface area contributed by atoms with Crippen LogP contribution in [0.5, 0.6) is 0 Å². The summed E-state index contributed by atoms with van der Waals surface area (Å²) in [5.41, 5.74) is 4.99. The quantitative estimate of drug-likeness (QED) is 0.278. The van der Waals surface area contributed by atoms with Crippen LogP contribution in [0.4, 0.5) is 0 Å². The van der Waals surface area contributed by atoms with Crippen molar-refractivity contribution in [3.8, 4) is 0 Å². The molecule has 0 bridgehead atoms. The molecule has 0 heterocycles. The van der Waals surface area contributed by atoms with Crippen molar-refractivity contribution in [2.24, 2.45) is 11.6 Å². The topological polar surface area (TPSA) is 78.3 Å². The molecular weight excluding hydrogens is 119 g/mol. The molecule has 0 unspecified atom stereocenters. The molecule has 4 nitrogen and oxygen atoms in total. The number of nitrogens with two attached hydrogens (primary N) is 2. The van der Waals surface area contributed by atoms with E-state index in [0.29, 0.717) is 0 Å². The molecular formula is C3H9N2NaO2. The zero-order chi connectivity index (χ0) is 5.86. The van der Waals surface area contributed by atoms with E-state index < -0.39 is 12.0 Å². The number of carbonyl (C=O) groups excluding carboxylic acids is 1. The van der Waals surface area contributed by atoms with Gasteiger partial charge in [0.1, 0.15) is 6.04 Å². The van der Waals surface area contributed by atoms with Gasteiger partial charge in [0, 0.05) is 0 Å². The fourth-order valence-corrected chi connectivity index (χ4v) is 0.107. The van der Waals surface area contributed by atoms with Gasteiger partial charge in [-0.15, -0.1) is 0 Å². The maximum absolute atomic E-state index is 10.0. The van der Waals surface area contributed by atoms with Gasteiger partial charge in [-0.05, 0) is 6.92 Å². The first kappa shape index (κ1) is 11.2. The Morgan fingerprint density at radius 3 is 2.25 bits per heavy atom. The summed E-state index contributed by atoms with van der Waals surface area (Å²) in [5.74, 6) is 3.85. The monoisotopic (exact) mass is 128 g/mol. The summed E-state index contributed by atoms with van der Waals surface area (Å²) in [5, 5.41) is 0. The van der Waals surface area contributed by atoms with Crippen LogP contribution in [0.25, 0.3) is 0 Å². The smallest absolute Gasteiger partial charge is 1.00 e. The molecule has 0 fully saturated rings. The van der Waals surface area contributed by atoms with E-state index in [2.05, 4.69) is 10.7 Å². The Labute approximate surface area is 71.3 Å². The van der Waals surface area contributed by atoms with Crippen molar-refractivity contribution in [1.82, 2.24) is 0 Å². The van der Waals surface area contributed by atoms with Gasteiger partial charge in [-0.1, -0.05) is 0 Å². The van der Waals surface area contributed by atoms with E-state index in [0.717, 1.165) is 0 Å². The Morgan fingerprint density at radius 2 is 2.25 bits per heavy atom. The number of carbonyl (C=O) groups is 1. The Kier molecular flexibility index (Phi) is 7.75. The van der Waals surface area contributed by atoms with Gasteiger partial charge in [-0.25, -0.2) is 4.79 Å². The second-order valence-corrected chi connectivity index (χ2v) is 1.23. The molecule has 0 saturated heterocycles. The molecule has 0 aromatic rings. The van der Waals surface area contributed by atoms with Crippen LogP contribution in [0.2, 0.25) is 0 Å². The van der Waals surface area contributed by atoms with E-state index >= 15 is 0 Å². The van der Waals surface area contributed by atoms with Gasteiger partial charge in [0.25, 0.3) is 0 Å². The summed E-state index contributed by atoms with van der Waals surface area (Å²) in [7, 11) is 0. The Balaban J connectivity index is -0.000000180. The van der Waals surface area contributed by atoms with Crippen LogP contribution in [0.15, 0.2) is 0 Å². The second-order valence-electron chi connectivity index (χ2n) is 1.23. The Morgan fingerprint density at radius 1 is 1.88 bits per heavy atom. The number of hydrogen-bond donors (Lipinski definition) is 2. The predicted molar refractivity (Wildman–Crippen MR) is 25.0 cm³/mol. The van der Waals surface area contributed by atoms with E-state index in [1.807, 2.05) is 0 Å². The van der Waals surface area contributed by atoms with E-state index in [4.69, 9.17) is 5.73 Å². The minimum absolute atomic E-state index is 0. The van der Waals surface area contributed by atoms with Gasteiger partial charge in [0.05, 0.1) is 0 Å². The molecule has 0 aromatic heterocycles. The van der Waals surface area contributed by atoms with Gasteiger partial charge >= 0.3 is 35.5 Å². The third-order valence-corrected chi connectivity index (χ3v) is 0.488. The SMILES string of the molecule is C[C@H](N)C(=O)ON.[H-].[Na+]. The van der Waals surface area contributed by atoms with Crippen molar-refractivity contribution in [2.75, 3.05) is 0 Å². The molecule has 0 amide bonds. The normalized spacial score (nSPS) is 11.4. The van der Waals surface area contributed by atoms with Crippen LogP contribution >= 0.6 is 0 Å². The van der Waals surface area contributed by atoms with Gasteiger partial charge in [-0.2, -0.15) is 5.90 Å². The maximum atomic E-state index is 10.0. The largest absolute Gasteiger partial charge is 1.00 e. The van der Waals surface area contributed by atoms with Crippen molar-refractivity contribution in [3.63, 3.8) is 0 Å². The van der Waals surface area contributed by atoms with Crippen molar-refractivity contribution in [2.45, 2.75) is 13.0 Å². The molecule has 0 aliphatic carbocycles. The van der Waals surface area contributed by atoms with Crippen LogP contribution in [-0.4, -0.2) is 12.0 Å². The molecule has 1 atom stereocenters. The van der Waals surface area contributed by atoms with E-state index in [1.165, 1.54) is 6.92 Å². The van der Waals surface area contributed by atoms with Crippen LogP contribution in [0.3, 0.4) is 0 Å². The van der Waals surface area contributed by atoms with Crippen molar-refractivity contribution >= 4 is 5.97 Å². The average molecular weight is 128 g/mol. The van der Waals surface area contributed by atoms with Crippen LogP contribution < -0.4 is 41.2 Å². The molecule has 4 N–H and O–H groups in total. The second kappa shape index (κ2) is 5.53. The first-order chi connectivity index (χ1) is 3.18. The molecule has 0 aliphatic heterocycles. The molecule has 0 saturated carbocycles. The fourth-order valence-electron chi connectivity index (χ4n) is 0.107. The molecule has 44 valence electrons. The molecule has 5 heteroatoms. The third kappa shape index (κ3) is 4.55. The van der Waals surface area contributed by atoms with Gasteiger partial charge < -0.3 is 12.0 Å². The van der Waals surface area contributed by atoms with Crippen LogP contribution in [0, 0.1) is 0 Å². The van der Waals surface area contributed by atoms with E-state index in [1.54, 1.807) is 0 Å². The van der Waals surface area contributed by atoms with Crippen LogP contribution in [-0.2, 0) is 9.63 Å².